The van der Waals surface area contributed by atoms with Crippen molar-refractivity contribution in [1.29, 1.82) is 0 Å². The molecule has 3 heteroatoms. The lowest BCUT2D eigenvalue weighted by atomic mass is 10.0. The predicted molar refractivity (Wildman–Crippen MR) is 72.6 cm³/mol. The van der Waals surface area contributed by atoms with Gasteiger partial charge < -0.3 is 10.1 Å². The highest BCUT2D eigenvalue weighted by molar-refractivity contribution is 5.18. The standard InChI is InChI=1S/C15H22N2O/c1-2-4-13(5-3-1)15-12-17(10-11-18-15)14-6-8-16-9-7-14/h1-5,14-16H,6-12H2. The van der Waals surface area contributed by atoms with Crippen molar-refractivity contribution in [3.8, 4) is 0 Å². The lowest BCUT2D eigenvalue weighted by Crippen LogP contribution is -2.48. The minimum absolute atomic E-state index is 0.259. The van der Waals surface area contributed by atoms with Crippen LogP contribution in [0.3, 0.4) is 0 Å². The summed E-state index contributed by atoms with van der Waals surface area (Å²) in [6.07, 6.45) is 2.82. The molecule has 18 heavy (non-hydrogen) atoms. The normalized spacial score (nSPS) is 27.2. The van der Waals surface area contributed by atoms with Crippen LogP contribution in [0.5, 0.6) is 0 Å². The van der Waals surface area contributed by atoms with Gasteiger partial charge in [-0.15, -0.1) is 0 Å². The van der Waals surface area contributed by atoms with Gasteiger partial charge in [-0.05, 0) is 31.5 Å². The lowest BCUT2D eigenvalue weighted by Gasteiger charge is -2.40. The zero-order chi connectivity index (χ0) is 12.2. The Morgan fingerprint density at radius 1 is 1.11 bits per heavy atom. The van der Waals surface area contributed by atoms with E-state index in [1.807, 2.05) is 0 Å². The van der Waals surface area contributed by atoms with Gasteiger partial charge in [0.05, 0.1) is 12.7 Å². The Kier molecular flexibility index (Phi) is 3.93. The van der Waals surface area contributed by atoms with Gasteiger partial charge in [0.25, 0.3) is 0 Å². The van der Waals surface area contributed by atoms with Gasteiger partial charge in [0.2, 0.25) is 0 Å². The van der Waals surface area contributed by atoms with Gasteiger partial charge >= 0.3 is 0 Å². The molecule has 0 saturated carbocycles. The van der Waals surface area contributed by atoms with E-state index in [0.29, 0.717) is 0 Å². The predicted octanol–water partition coefficient (Wildman–Crippen LogP) is 1.81. The lowest BCUT2D eigenvalue weighted by molar-refractivity contribution is -0.0488. The van der Waals surface area contributed by atoms with Crippen molar-refractivity contribution < 1.29 is 4.74 Å². The molecule has 0 bridgehead atoms. The first-order chi connectivity index (χ1) is 8.93. The average molecular weight is 246 g/mol. The fourth-order valence-corrected chi connectivity index (χ4v) is 3.04. The van der Waals surface area contributed by atoms with Crippen LogP contribution in [-0.2, 0) is 4.74 Å². The second kappa shape index (κ2) is 5.83. The minimum atomic E-state index is 0.259. The molecule has 1 N–H and O–H groups in total. The molecule has 3 nitrogen and oxygen atoms in total. The Morgan fingerprint density at radius 3 is 2.67 bits per heavy atom. The van der Waals surface area contributed by atoms with E-state index in [2.05, 4.69) is 40.5 Å². The first-order valence-electron chi connectivity index (χ1n) is 7.05. The molecule has 1 unspecified atom stereocenters. The van der Waals surface area contributed by atoms with Crippen LogP contribution in [0.2, 0.25) is 0 Å². The van der Waals surface area contributed by atoms with Gasteiger partial charge in [-0.1, -0.05) is 30.3 Å². The molecule has 1 aromatic rings. The van der Waals surface area contributed by atoms with E-state index < -0.39 is 0 Å². The van der Waals surface area contributed by atoms with Crippen LogP contribution in [0.1, 0.15) is 24.5 Å². The highest BCUT2D eigenvalue weighted by Crippen LogP contribution is 2.25. The molecule has 0 aliphatic carbocycles. The number of benzene rings is 1. The van der Waals surface area contributed by atoms with E-state index in [1.165, 1.54) is 18.4 Å². The molecule has 0 spiro atoms. The first-order valence-corrected chi connectivity index (χ1v) is 7.05. The van der Waals surface area contributed by atoms with E-state index in [-0.39, 0.29) is 6.10 Å². The summed E-state index contributed by atoms with van der Waals surface area (Å²) in [4.78, 5) is 2.63. The number of nitrogens with one attached hydrogen (secondary N) is 1. The van der Waals surface area contributed by atoms with E-state index in [0.717, 1.165) is 38.8 Å². The molecular formula is C15H22N2O. The average Bonchev–Trinajstić information content (AvgIpc) is 2.49. The fraction of sp³-hybridized carbons (Fsp3) is 0.600. The summed E-state index contributed by atoms with van der Waals surface area (Å²) in [6, 6.07) is 11.4. The van der Waals surface area contributed by atoms with E-state index in [1.54, 1.807) is 0 Å². The van der Waals surface area contributed by atoms with E-state index >= 15 is 0 Å². The summed E-state index contributed by atoms with van der Waals surface area (Å²) in [5, 5.41) is 3.44. The number of hydrogen-bond acceptors (Lipinski definition) is 3. The zero-order valence-electron chi connectivity index (χ0n) is 10.8. The van der Waals surface area contributed by atoms with Gasteiger partial charge in [0.15, 0.2) is 0 Å². The van der Waals surface area contributed by atoms with Crippen LogP contribution >= 0.6 is 0 Å². The van der Waals surface area contributed by atoms with Crippen molar-refractivity contribution in [3.63, 3.8) is 0 Å². The summed E-state index contributed by atoms with van der Waals surface area (Å²) in [7, 11) is 0. The molecule has 1 atom stereocenters. The van der Waals surface area contributed by atoms with E-state index in [4.69, 9.17) is 4.74 Å². The van der Waals surface area contributed by atoms with Crippen molar-refractivity contribution in [2.45, 2.75) is 25.0 Å². The van der Waals surface area contributed by atoms with Gasteiger partial charge in [-0.25, -0.2) is 0 Å². The number of rotatable bonds is 2. The largest absolute Gasteiger partial charge is 0.371 e. The third-order valence-electron chi connectivity index (χ3n) is 4.09. The second-order valence-electron chi connectivity index (χ2n) is 5.25. The highest BCUT2D eigenvalue weighted by atomic mass is 16.5. The summed E-state index contributed by atoms with van der Waals surface area (Å²) < 4.78 is 5.93. The maximum Gasteiger partial charge on any atom is 0.0952 e. The highest BCUT2D eigenvalue weighted by Gasteiger charge is 2.27. The van der Waals surface area contributed by atoms with E-state index in [9.17, 15) is 0 Å². The minimum Gasteiger partial charge on any atom is -0.371 e. The molecule has 0 radical (unpaired) electrons. The molecule has 2 fully saturated rings. The van der Waals surface area contributed by atoms with Crippen LogP contribution < -0.4 is 5.32 Å². The van der Waals surface area contributed by atoms with Crippen molar-refractivity contribution in [1.82, 2.24) is 10.2 Å². The Morgan fingerprint density at radius 2 is 1.89 bits per heavy atom. The van der Waals surface area contributed by atoms with Crippen LogP contribution in [0.25, 0.3) is 0 Å². The number of morpholine rings is 1. The van der Waals surface area contributed by atoms with Crippen LogP contribution in [-0.4, -0.2) is 43.7 Å². The second-order valence-corrected chi connectivity index (χ2v) is 5.25. The third kappa shape index (κ3) is 2.74. The molecule has 2 aliphatic heterocycles. The Labute approximate surface area is 109 Å². The van der Waals surface area contributed by atoms with Gasteiger partial charge in [0.1, 0.15) is 0 Å². The molecular weight excluding hydrogens is 224 g/mol. The Hall–Kier alpha value is -0.900. The molecule has 98 valence electrons. The molecule has 2 aliphatic rings. The smallest absolute Gasteiger partial charge is 0.0952 e. The van der Waals surface area contributed by atoms with Crippen molar-refractivity contribution >= 4 is 0 Å². The molecule has 0 aromatic heterocycles. The fourth-order valence-electron chi connectivity index (χ4n) is 3.04. The number of piperidine rings is 1. The topological polar surface area (TPSA) is 24.5 Å². The summed E-state index contributed by atoms with van der Waals surface area (Å²) >= 11 is 0. The molecule has 2 saturated heterocycles. The molecule has 1 aromatic carbocycles. The van der Waals surface area contributed by atoms with Crippen molar-refractivity contribution in [2.24, 2.45) is 0 Å². The first kappa shape index (κ1) is 12.2. The number of hydrogen-bond donors (Lipinski definition) is 1. The number of nitrogens with zero attached hydrogens (tertiary/aromatic N) is 1. The maximum absolute atomic E-state index is 5.93. The van der Waals surface area contributed by atoms with Gasteiger partial charge in [-0.3, -0.25) is 4.90 Å². The Balaban J connectivity index is 1.64. The van der Waals surface area contributed by atoms with Crippen molar-refractivity contribution in [2.75, 3.05) is 32.8 Å². The zero-order valence-corrected chi connectivity index (χ0v) is 10.8. The van der Waals surface area contributed by atoms with Gasteiger partial charge in [0, 0.05) is 19.1 Å². The third-order valence-corrected chi connectivity index (χ3v) is 4.09. The number of ether oxygens (including phenoxy) is 1. The summed E-state index contributed by atoms with van der Waals surface area (Å²) in [6.45, 7) is 5.34. The molecule has 3 rings (SSSR count). The van der Waals surface area contributed by atoms with Crippen LogP contribution in [0.15, 0.2) is 30.3 Å². The quantitative estimate of drug-likeness (QED) is 0.861. The maximum atomic E-state index is 5.93. The van der Waals surface area contributed by atoms with Crippen LogP contribution in [0, 0.1) is 0 Å². The molecule has 2 heterocycles. The SMILES string of the molecule is c1ccc(C2CN(C3CCNCC3)CCO2)cc1. The van der Waals surface area contributed by atoms with Crippen molar-refractivity contribution in [3.05, 3.63) is 35.9 Å². The molecule has 0 amide bonds. The Bertz CT molecular complexity index is 362. The summed E-state index contributed by atoms with van der Waals surface area (Å²) in [5.41, 5.74) is 1.32. The van der Waals surface area contributed by atoms with Crippen LogP contribution in [0.4, 0.5) is 0 Å². The monoisotopic (exact) mass is 246 g/mol. The summed E-state index contributed by atoms with van der Waals surface area (Å²) in [5.74, 6) is 0. The van der Waals surface area contributed by atoms with Gasteiger partial charge in [-0.2, -0.15) is 0 Å².